The van der Waals surface area contributed by atoms with Crippen LogP contribution in [0.25, 0.3) is 11.2 Å². The molecule has 0 saturated carbocycles. The summed E-state index contributed by atoms with van der Waals surface area (Å²) in [4.78, 5) is 49.7. The number of hydrogen-bond donors (Lipinski definition) is 1. The van der Waals surface area contributed by atoms with Crippen LogP contribution in [0.4, 0.5) is 10.1 Å². The lowest BCUT2D eigenvalue weighted by Crippen LogP contribution is -2.40. The number of imidazole rings is 1. The lowest BCUT2D eigenvalue weighted by Gasteiger charge is -2.27. The van der Waals surface area contributed by atoms with Crippen LogP contribution in [0, 0.1) is 5.82 Å². The third-order valence-electron chi connectivity index (χ3n) is 6.42. The van der Waals surface area contributed by atoms with Gasteiger partial charge < -0.3 is 9.64 Å². The largest absolute Gasteiger partial charge is 0.458 e. The molecule has 0 aliphatic carbocycles. The number of ether oxygens (including phenoxy) is 1. The molecule has 9 nitrogen and oxygen atoms in total. The number of amides is 2. The zero-order valence-electron chi connectivity index (χ0n) is 20.3. The minimum absolute atomic E-state index is 0.0525. The lowest BCUT2D eigenvalue weighted by molar-refractivity contribution is -0.156. The molecule has 0 saturated heterocycles. The number of benzene rings is 1. The summed E-state index contributed by atoms with van der Waals surface area (Å²) in [7, 11) is 0. The fourth-order valence-corrected chi connectivity index (χ4v) is 4.98. The molecule has 186 valence electrons. The molecule has 3 aliphatic rings. The maximum atomic E-state index is 15.0. The van der Waals surface area contributed by atoms with Gasteiger partial charge in [0.1, 0.15) is 23.1 Å². The van der Waals surface area contributed by atoms with Crippen LogP contribution in [0.1, 0.15) is 37.6 Å². The minimum Gasteiger partial charge on any atom is -0.458 e. The van der Waals surface area contributed by atoms with Crippen LogP contribution in [-0.4, -0.2) is 44.5 Å². The molecule has 0 fully saturated rings. The maximum absolute atomic E-state index is 15.0. The molecule has 0 bridgehead atoms. The molecule has 0 spiro atoms. The maximum Gasteiger partial charge on any atom is 0.329 e. The van der Waals surface area contributed by atoms with E-state index in [4.69, 9.17) is 4.74 Å². The fraction of sp³-hybridized carbons (Fsp3) is 0.222. The van der Waals surface area contributed by atoms with Crippen LogP contribution in [0.2, 0.25) is 0 Å². The molecule has 5 heterocycles. The summed E-state index contributed by atoms with van der Waals surface area (Å²) >= 11 is 0. The molecule has 0 radical (unpaired) electrons. The van der Waals surface area contributed by atoms with E-state index < -0.39 is 35.2 Å². The third-order valence-corrected chi connectivity index (χ3v) is 6.42. The van der Waals surface area contributed by atoms with E-state index in [1.807, 2.05) is 6.07 Å². The number of hydrogen-bond acceptors (Lipinski definition) is 7. The quantitative estimate of drug-likeness (QED) is 0.439. The van der Waals surface area contributed by atoms with Crippen molar-refractivity contribution in [3.8, 4) is 0 Å². The molecule has 1 unspecified atom stereocenters. The second-order valence-corrected chi connectivity index (χ2v) is 9.96. The number of imide groups is 1. The average Bonchev–Trinajstić information content (AvgIpc) is 3.46. The summed E-state index contributed by atoms with van der Waals surface area (Å²) in [5, 5.41) is 2.36. The molecule has 3 aliphatic heterocycles. The van der Waals surface area contributed by atoms with Crippen molar-refractivity contribution in [3.05, 3.63) is 83.3 Å². The molecule has 37 heavy (non-hydrogen) atoms. The molecule has 1 aromatic carbocycles. The highest BCUT2D eigenvalue weighted by atomic mass is 19.1. The summed E-state index contributed by atoms with van der Waals surface area (Å²) in [6.07, 6.45) is 6.37. The van der Waals surface area contributed by atoms with Crippen molar-refractivity contribution in [1.29, 1.82) is 0 Å². The van der Waals surface area contributed by atoms with Gasteiger partial charge in [-0.1, -0.05) is 6.07 Å². The van der Waals surface area contributed by atoms with Gasteiger partial charge in [0.05, 0.1) is 34.4 Å². The number of rotatable bonds is 3. The molecule has 10 heteroatoms. The van der Waals surface area contributed by atoms with E-state index in [2.05, 4.69) is 15.3 Å². The number of fused-ring (bicyclic) bond motifs is 1. The van der Waals surface area contributed by atoms with E-state index in [9.17, 15) is 14.4 Å². The molecule has 6 rings (SSSR count). The van der Waals surface area contributed by atoms with Crippen LogP contribution in [-0.2, 0) is 25.5 Å². The predicted molar refractivity (Wildman–Crippen MR) is 133 cm³/mol. The summed E-state index contributed by atoms with van der Waals surface area (Å²) < 4.78 is 22.3. The van der Waals surface area contributed by atoms with Crippen LogP contribution >= 0.6 is 0 Å². The van der Waals surface area contributed by atoms with Gasteiger partial charge in [-0.05, 0) is 45.0 Å². The third kappa shape index (κ3) is 3.55. The number of esters is 1. The van der Waals surface area contributed by atoms with E-state index in [0.29, 0.717) is 28.2 Å². The predicted octanol–water partition coefficient (Wildman–Crippen LogP) is 2.93. The number of anilines is 1. The standard InChI is InChI=1S/C27H22FN5O4/c1-27(2,3)37-26(36)17-12-15-16(28)8-7-14-22(29-9-11-33(17)23(14)15)21-20(24(34)31-25(21)35)18-13-30-19-6-4-5-10-32(18)19/h4-11,13,17H,12H2,1-3H3,(H,31,34,35). The van der Waals surface area contributed by atoms with E-state index in [1.54, 1.807) is 54.6 Å². The van der Waals surface area contributed by atoms with Gasteiger partial charge in [0.2, 0.25) is 0 Å². The Morgan fingerprint density at radius 1 is 1.14 bits per heavy atom. The Labute approximate surface area is 211 Å². The van der Waals surface area contributed by atoms with Gasteiger partial charge in [-0.3, -0.25) is 24.3 Å². The Morgan fingerprint density at radius 3 is 2.70 bits per heavy atom. The van der Waals surface area contributed by atoms with E-state index in [1.165, 1.54) is 24.5 Å². The number of carbonyl (C=O) groups excluding carboxylic acids is 3. The van der Waals surface area contributed by atoms with Crippen LogP contribution < -0.4 is 10.2 Å². The van der Waals surface area contributed by atoms with Crippen LogP contribution in [0.3, 0.4) is 0 Å². The first-order valence-corrected chi connectivity index (χ1v) is 11.7. The van der Waals surface area contributed by atoms with Gasteiger partial charge in [-0.2, -0.15) is 0 Å². The Morgan fingerprint density at radius 2 is 1.92 bits per heavy atom. The molecule has 3 aromatic rings. The van der Waals surface area contributed by atoms with Crippen molar-refractivity contribution >= 4 is 40.4 Å². The number of carbonyl (C=O) groups is 3. The Kier molecular flexibility index (Phi) is 4.91. The molecule has 2 aromatic heterocycles. The topological polar surface area (TPSA) is 105 Å². The van der Waals surface area contributed by atoms with Crippen LogP contribution in [0.5, 0.6) is 0 Å². The second kappa shape index (κ2) is 7.95. The summed E-state index contributed by atoms with van der Waals surface area (Å²) in [5.41, 5.74) is 1.83. The van der Waals surface area contributed by atoms with Crippen molar-refractivity contribution in [2.24, 2.45) is 4.99 Å². The first-order valence-electron chi connectivity index (χ1n) is 11.7. The van der Waals surface area contributed by atoms with Gasteiger partial charge in [0.25, 0.3) is 11.8 Å². The normalized spacial score (nSPS) is 18.8. The van der Waals surface area contributed by atoms with Crippen molar-refractivity contribution in [3.63, 3.8) is 0 Å². The highest BCUT2D eigenvalue weighted by Crippen LogP contribution is 2.42. The van der Waals surface area contributed by atoms with Crippen molar-refractivity contribution in [2.75, 3.05) is 4.90 Å². The SMILES string of the molecule is CC(C)(C)OC(=O)C1Cc2c(F)ccc3c2N1C=CN=C3C1=C(c2cnc3ccccn23)C(=O)NC1=O. The Bertz CT molecular complexity index is 1630. The first-order chi connectivity index (χ1) is 17.6. The zero-order chi connectivity index (χ0) is 26.1. The molecule has 1 N–H and O–H groups in total. The minimum atomic E-state index is -0.804. The smallest absolute Gasteiger partial charge is 0.329 e. The van der Waals surface area contributed by atoms with Gasteiger partial charge in [0, 0.05) is 36.1 Å². The Balaban J connectivity index is 1.53. The number of pyridine rings is 1. The summed E-state index contributed by atoms with van der Waals surface area (Å²) in [6, 6.07) is 7.39. The average molecular weight is 500 g/mol. The second-order valence-electron chi connectivity index (χ2n) is 9.96. The van der Waals surface area contributed by atoms with Crippen molar-refractivity contribution < 1.29 is 23.5 Å². The number of nitrogens with one attached hydrogen (secondary N) is 1. The van der Waals surface area contributed by atoms with Gasteiger partial charge >= 0.3 is 5.97 Å². The Hall–Kier alpha value is -4.60. The fourth-order valence-electron chi connectivity index (χ4n) is 4.98. The van der Waals surface area contributed by atoms with Crippen molar-refractivity contribution in [2.45, 2.75) is 38.8 Å². The number of nitrogens with zero attached hydrogens (tertiary/aromatic N) is 4. The molecule has 1 atom stereocenters. The summed E-state index contributed by atoms with van der Waals surface area (Å²) in [6.45, 7) is 5.30. The van der Waals surface area contributed by atoms with E-state index in [-0.39, 0.29) is 23.3 Å². The molecule has 2 amide bonds. The van der Waals surface area contributed by atoms with E-state index >= 15 is 4.39 Å². The van der Waals surface area contributed by atoms with Crippen LogP contribution in [0.15, 0.2) is 65.7 Å². The molecular weight excluding hydrogens is 477 g/mol. The highest BCUT2D eigenvalue weighted by Gasteiger charge is 2.43. The van der Waals surface area contributed by atoms with Gasteiger partial charge in [-0.15, -0.1) is 0 Å². The number of halogens is 1. The zero-order valence-corrected chi connectivity index (χ0v) is 20.3. The van der Waals surface area contributed by atoms with E-state index in [0.717, 1.165) is 0 Å². The number of aliphatic imine (C=N–C) groups is 1. The van der Waals surface area contributed by atoms with Crippen molar-refractivity contribution in [1.82, 2.24) is 14.7 Å². The van der Waals surface area contributed by atoms with Gasteiger partial charge in [-0.25, -0.2) is 14.2 Å². The highest BCUT2D eigenvalue weighted by molar-refractivity contribution is 6.47. The first kappa shape index (κ1) is 22.8. The number of aromatic nitrogens is 2. The van der Waals surface area contributed by atoms with Gasteiger partial charge in [0.15, 0.2) is 0 Å². The molecular formula is C27H22FN5O4. The summed E-state index contributed by atoms with van der Waals surface area (Å²) in [5.74, 6) is -2.18. The monoisotopic (exact) mass is 499 g/mol. The lowest BCUT2D eigenvalue weighted by atomic mass is 9.94.